The van der Waals surface area contributed by atoms with Crippen LogP contribution in [0.5, 0.6) is 0 Å². The van der Waals surface area contributed by atoms with Crippen molar-refractivity contribution in [2.45, 2.75) is 20.8 Å². The third-order valence-corrected chi connectivity index (χ3v) is 2.90. The summed E-state index contributed by atoms with van der Waals surface area (Å²) in [6, 6.07) is 0. The molecule has 0 atom stereocenters. The van der Waals surface area contributed by atoms with Crippen LogP contribution in [-0.2, 0) is 0 Å². The van der Waals surface area contributed by atoms with E-state index in [-0.39, 0.29) is 11.5 Å². The van der Waals surface area contributed by atoms with Crippen LogP contribution in [0, 0.1) is 17.0 Å². The largest absolute Gasteiger partial charge is 0.363 e. The number of hydrogen-bond acceptors (Lipinski definition) is 7. The van der Waals surface area contributed by atoms with Crippen LogP contribution in [0.25, 0.3) is 0 Å². The molecule has 0 fully saturated rings. The fourth-order valence-electron chi connectivity index (χ4n) is 1.67. The summed E-state index contributed by atoms with van der Waals surface area (Å²) < 4.78 is 0. The highest BCUT2D eigenvalue weighted by Gasteiger charge is 2.21. The second kappa shape index (κ2) is 7.59. The van der Waals surface area contributed by atoms with Gasteiger partial charge in [0.2, 0.25) is 11.8 Å². The normalized spacial score (nSPS) is 10.7. The number of aryl methyl sites for hydroxylation is 1. The zero-order valence-electron chi connectivity index (χ0n) is 12.4. The topological polar surface area (TPSA) is 96.2 Å². The molecule has 0 aromatic carbocycles. The molecular formula is C12H22N6O2. The van der Waals surface area contributed by atoms with Crippen LogP contribution in [0.3, 0.4) is 0 Å². The summed E-state index contributed by atoms with van der Waals surface area (Å²) in [5.41, 5.74) is 0.290. The number of anilines is 2. The maximum atomic E-state index is 11.1. The summed E-state index contributed by atoms with van der Waals surface area (Å²) in [7, 11) is 1.99. The van der Waals surface area contributed by atoms with Crippen molar-refractivity contribution in [2.24, 2.45) is 0 Å². The van der Waals surface area contributed by atoms with E-state index in [1.165, 1.54) is 0 Å². The Hall–Kier alpha value is -1.96. The molecule has 0 aliphatic heterocycles. The van der Waals surface area contributed by atoms with E-state index in [0.717, 1.165) is 13.1 Å². The minimum atomic E-state index is -0.447. The molecule has 8 nitrogen and oxygen atoms in total. The predicted molar refractivity (Wildman–Crippen MR) is 79.2 cm³/mol. The SMILES string of the molecule is CCNc1nc(C)c([N+](=O)[O-])c(NCCN(C)CC)n1. The molecule has 1 aromatic rings. The Balaban J connectivity index is 2.92. The number of hydrogen-bond donors (Lipinski definition) is 2. The Morgan fingerprint density at radius 3 is 2.55 bits per heavy atom. The molecule has 2 N–H and O–H groups in total. The third kappa shape index (κ3) is 4.30. The Labute approximate surface area is 118 Å². The standard InChI is InChI=1S/C12H22N6O2/c1-5-13-12-15-9(3)10(18(19)20)11(16-12)14-7-8-17(4)6-2/h5-8H2,1-4H3,(H2,13,14,15,16). The number of aromatic nitrogens is 2. The minimum Gasteiger partial charge on any atom is -0.363 e. The Morgan fingerprint density at radius 2 is 2.00 bits per heavy atom. The van der Waals surface area contributed by atoms with Gasteiger partial charge in [0.25, 0.3) is 0 Å². The first-order valence-electron chi connectivity index (χ1n) is 6.68. The molecular weight excluding hydrogens is 260 g/mol. The molecule has 112 valence electrons. The van der Waals surface area contributed by atoms with Gasteiger partial charge in [-0.25, -0.2) is 4.98 Å². The van der Waals surface area contributed by atoms with E-state index in [1.807, 2.05) is 14.0 Å². The van der Waals surface area contributed by atoms with Crippen LogP contribution < -0.4 is 10.6 Å². The lowest BCUT2D eigenvalue weighted by Gasteiger charge is -2.15. The number of likely N-dealkylation sites (N-methyl/N-ethyl adjacent to an activating group) is 1. The van der Waals surface area contributed by atoms with Gasteiger partial charge in [0.05, 0.1) is 4.92 Å². The number of nitrogens with zero attached hydrogens (tertiary/aromatic N) is 4. The lowest BCUT2D eigenvalue weighted by atomic mass is 10.3. The van der Waals surface area contributed by atoms with Gasteiger partial charge in [-0.1, -0.05) is 6.92 Å². The highest BCUT2D eigenvalue weighted by atomic mass is 16.6. The van der Waals surface area contributed by atoms with Crippen molar-refractivity contribution in [3.8, 4) is 0 Å². The summed E-state index contributed by atoms with van der Waals surface area (Å²) >= 11 is 0. The molecule has 1 heterocycles. The van der Waals surface area contributed by atoms with Crippen molar-refractivity contribution in [1.82, 2.24) is 14.9 Å². The molecule has 0 radical (unpaired) electrons. The summed E-state index contributed by atoms with van der Waals surface area (Å²) in [5.74, 6) is 0.671. The summed E-state index contributed by atoms with van der Waals surface area (Å²) in [6.45, 7) is 8.55. The van der Waals surface area contributed by atoms with Gasteiger partial charge in [-0.15, -0.1) is 0 Å². The first kappa shape index (κ1) is 16.1. The maximum Gasteiger partial charge on any atom is 0.332 e. The van der Waals surface area contributed by atoms with Gasteiger partial charge < -0.3 is 15.5 Å². The smallest absolute Gasteiger partial charge is 0.332 e. The van der Waals surface area contributed by atoms with Crippen LogP contribution in [0.15, 0.2) is 0 Å². The van der Waals surface area contributed by atoms with E-state index in [0.29, 0.717) is 24.7 Å². The molecule has 1 rings (SSSR count). The van der Waals surface area contributed by atoms with Crippen molar-refractivity contribution in [1.29, 1.82) is 0 Å². The molecule has 0 saturated heterocycles. The first-order chi connectivity index (χ1) is 9.49. The molecule has 20 heavy (non-hydrogen) atoms. The van der Waals surface area contributed by atoms with Crippen molar-refractivity contribution < 1.29 is 4.92 Å². The van der Waals surface area contributed by atoms with E-state index in [9.17, 15) is 10.1 Å². The summed E-state index contributed by atoms with van der Waals surface area (Å²) in [4.78, 5) is 21.0. The van der Waals surface area contributed by atoms with Crippen molar-refractivity contribution in [3.63, 3.8) is 0 Å². The van der Waals surface area contributed by atoms with Crippen molar-refractivity contribution in [2.75, 3.05) is 43.9 Å². The molecule has 0 unspecified atom stereocenters. The van der Waals surface area contributed by atoms with E-state index in [1.54, 1.807) is 6.92 Å². The molecule has 1 aromatic heterocycles. The van der Waals surface area contributed by atoms with Gasteiger partial charge in [0, 0.05) is 19.6 Å². The van der Waals surface area contributed by atoms with Crippen LogP contribution in [-0.4, -0.2) is 53.0 Å². The van der Waals surface area contributed by atoms with Crippen LogP contribution in [0.2, 0.25) is 0 Å². The van der Waals surface area contributed by atoms with E-state index >= 15 is 0 Å². The van der Waals surface area contributed by atoms with Crippen molar-refractivity contribution >= 4 is 17.5 Å². The summed E-state index contributed by atoms with van der Waals surface area (Å²) in [6.07, 6.45) is 0. The van der Waals surface area contributed by atoms with E-state index < -0.39 is 4.92 Å². The monoisotopic (exact) mass is 282 g/mol. The second-order valence-electron chi connectivity index (χ2n) is 4.44. The average Bonchev–Trinajstić information content (AvgIpc) is 2.37. The Morgan fingerprint density at radius 1 is 1.30 bits per heavy atom. The molecule has 0 amide bonds. The molecule has 0 saturated carbocycles. The number of nitrogens with one attached hydrogen (secondary N) is 2. The lowest BCUT2D eigenvalue weighted by molar-refractivity contribution is -0.385. The highest BCUT2D eigenvalue weighted by Crippen LogP contribution is 2.26. The third-order valence-electron chi connectivity index (χ3n) is 2.90. The predicted octanol–water partition coefficient (Wildman–Crippen LogP) is 1.49. The fourth-order valence-corrected chi connectivity index (χ4v) is 1.67. The fraction of sp³-hybridized carbons (Fsp3) is 0.667. The van der Waals surface area contributed by atoms with Crippen LogP contribution >= 0.6 is 0 Å². The Kier molecular flexibility index (Phi) is 6.10. The molecule has 8 heteroatoms. The molecule has 0 spiro atoms. The quantitative estimate of drug-likeness (QED) is 0.550. The zero-order chi connectivity index (χ0) is 15.1. The average molecular weight is 282 g/mol. The van der Waals surface area contributed by atoms with Crippen molar-refractivity contribution in [3.05, 3.63) is 15.8 Å². The maximum absolute atomic E-state index is 11.1. The highest BCUT2D eigenvalue weighted by molar-refractivity contribution is 5.60. The van der Waals surface area contributed by atoms with Gasteiger partial charge in [-0.2, -0.15) is 4.98 Å². The molecule has 0 aliphatic rings. The number of nitro groups is 1. The minimum absolute atomic E-state index is 0.0641. The zero-order valence-corrected chi connectivity index (χ0v) is 12.4. The van der Waals surface area contributed by atoms with Gasteiger partial charge in [-0.3, -0.25) is 10.1 Å². The van der Waals surface area contributed by atoms with Gasteiger partial charge in [-0.05, 0) is 27.4 Å². The van der Waals surface area contributed by atoms with Gasteiger partial charge in [0.15, 0.2) is 0 Å². The molecule has 0 aliphatic carbocycles. The summed E-state index contributed by atoms with van der Waals surface area (Å²) in [5, 5.41) is 17.1. The first-order valence-corrected chi connectivity index (χ1v) is 6.68. The molecule has 0 bridgehead atoms. The van der Waals surface area contributed by atoms with Crippen LogP contribution in [0.1, 0.15) is 19.5 Å². The Bertz CT molecular complexity index is 466. The number of rotatable bonds is 8. The van der Waals surface area contributed by atoms with E-state index in [4.69, 9.17) is 0 Å². The van der Waals surface area contributed by atoms with Gasteiger partial charge in [0.1, 0.15) is 5.69 Å². The van der Waals surface area contributed by atoms with E-state index in [2.05, 4.69) is 32.4 Å². The second-order valence-corrected chi connectivity index (χ2v) is 4.44. The lowest BCUT2D eigenvalue weighted by Crippen LogP contribution is -2.25. The van der Waals surface area contributed by atoms with Gasteiger partial charge >= 0.3 is 5.69 Å². The van der Waals surface area contributed by atoms with Crippen LogP contribution in [0.4, 0.5) is 17.5 Å².